The van der Waals surface area contributed by atoms with Crippen LogP contribution in [0, 0.1) is 0 Å². The lowest BCUT2D eigenvalue weighted by molar-refractivity contribution is -0.119. The van der Waals surface area contributed by atoms with Crippen molar-refractivity contribution in [2.24, 2.45) is 0 Å². The molecule has 0 bridgehead atoms. The van der Waals surface area contributed by atoms with Gasteiger partial charge < -0.3 is 10.2 Å². The fraction of sp³-hybridized carbons (Fsp3) is 0.435. The topological polar surface area (TPSA) is 67.2 Å². The Labute approximate surface area is 190 Å². The molecule has 0 saturated heterocycles. The molecule has 1 amide bonds. The fourth-order valence-electron chi connectivity index (χ4n) is 4.04. The van der Waals surface area contributed by atoms with Crippen LogP contribution in [0.1, 0.15) is 29.9 Å². The van der Waals surface area contributed by atoms with Gasteiger partial charge in [-0.1, -0.05) is 42.1 Å². The van der Waals surface area contributed by atoms with Gasteiger partial charge in [0.1, 0.15) is 4.83 Å². The van der Waals surface area contributed by atoms with Gasteiger partial charge in [0.25, 0.3) is 5.56 Å². The van der Waals surface area contributed by atoms with Gasteiger partial charge in [0, 0.05) is 30.6 Å². The van der Waals surface area contributed by atoms with Crippen molar-refractivity contribution in [3.63, 3.8) is 0 Å². The molecule has 3 aromatic rings. The van der Waals surface area contributed by atoms with Crippen LogP contribution in [-0.2, 0) is 30.7 Å². The summed E-state index contributed by atoms with van der Waals surface area (Å²) < 4.78 is 1.71. The minimum Gasteiger partial charge on any atom is -0.353 e. The Kier molecular flexibility index (Phi) is 6.79. The van der Waals surface area contributed by atoms with Crippen LogP contribution < -0.4 is 10.9 Å². The van der Waals surface area contributed by atoms with Gasteiger partial charge in [-0.2, -0.15) is 0 Å². The van der Waals surface area contributed by atoms with E-state index in [2.05, 4.69) is 29.4 Å². The molecular formula is C23H28N4O2S2. The van der Waals surface area contributed by atoms with Gasteiger partial charge >= 0.3 is 0 Å². The highest BCUT2D eigenvalue weighted by atomic mass is 32.2. The zero-order chi connectivity index (χ0) is 22.0. The second kappa shape index (κ2) is 9.54. The lowest BCUT2D eigenvalue weighted by Crippen LogP contribution is -2.35. The molecule has 4 rings (SSSR count). The van der Waals surface area contributed by atoms with Gasteiger partial charge in [-0.3, -0.25) is 14.2 Å². The summed E-state index contributed by atoms with van der Waals surface area (Å²) in [5.74, 6) is 0.197. The standard InChI is InChI=1S/C23H28N4O2S2/c1-4-27-22(29)20-17-10-11-26(3)13-18(17)31-21(20)25-23(27)30-14-19(28)24-15(2)12-16-8-6-5-7-9-16/h5-9,15H,4,10-14H2,1-3H3,(H,24,28). The first-order valence-corrected chi connectivity index (χ1v) is 12.5. The number of benzene rings is 1. The predicted molar refractivity (Wildman–Crippen MR) is 128 cm³/mol. The number of hydrogen-bond donors (Lipinski definition) is 1. The molecule has 2 aromatic heterocycles. The van der Waals surface area contributed by atoms with Gasteiger partial charge in [0.15, 0.2) is 5.16 Å². The number of rotatable bonds is 7. The Balaban J connectivity index is 1.48. The summed E-state index contributed by atoms with van der Waals surface area (Å²) >= 11 is 2.96. The Morgan fingerprint density at radius 3 is 2.84 bits per heavy atom. The highest BCUT2D eigenvalue weighted by molar-refractivity contribution is 7.99. The van der Waals surface area contributed by atoms with E-state index in [0.29, 0.717) is 11.7 Å². The fourth-order valence-corrected chi connectivity index (χ4v) is 6.25. The molecule has 0 saturated carbocycles. The predicted octanol–water partition coefficient (Wildman–Crippen LogP) is 3.31. The third-order valence-corrected chi connectivity index (χ3v) is 7.64. The van der Waals surface area contributed by atoms with Crippen molar-refractivity contribution in [1.29, 1.82) is 0 Å². The minimum absolute atomic E-state index is 0.0231. The number of carbonyl (C=O) groups is 1. The van der Waals surface area contributed by atoms with E-state index in [9.17, 15) is 9.59 Å². The normalized spacial score (nSPS) is 15.1. The van der Waals surface area contributed by atoms with Gasteiger partial charge in [0.05, 0.1) is 11.1 Å². The number of thioether (sulfide) groups is 1. The Morgan fingerprint density at radius 2 is 2.10 bits per heavy atom. The first-order valence-electron chi connectivity index (χ1n) is 10.7. The number of thiophene rings is 1. The first-order chi connectivity index (χ1) is 15.0. The average Bonchev–Trinajstić information content (AvgIpc) is 3.10. The molecule has 0 radical (unpaired) electrons. The first kappa shape index (κ1) is 22.0. The number of hydrogen-bond acceptors (Lipinski definition) is 6. The second-order valence-corrected chi connectivity index (χ2v) is 10.1. The van der Waals surface area contributed by atoms with E-state index in [1.165, 1.54) is 27.8 Å². The molecule has 0 spiro atoms. The van der Waals surface area contributed by atoms with E-state index in [1.54, 1.807) is 15.9 Å². The maximum atomic E-state index is 13.2. The van der Waals surface area contributed by atoms with Crippen molar-refractivity contribution in [3.05, 3.63) is 56.7 Å². The number of amides is 1. The molecule has 1 N–H and O–H groups in total. The van der Waals surface area contributed by atoms with Crippen LogP contribution in [-0.4, -0.2) is 45.7 Å². The number of aromatic nitrogens is 2. The minimum atomic E-state index is -0.0440. The maximum Gasteiger partial charge on any atom is 0.263 e. The molecule has 3 heterocycles. The smallest absolute Gasteiger partial charge is 0.263 e. The van der Waals surface area contributed by atoms with Crippen molar-refractivity contribution >= 4 is 39.2 Å². The third kappa shape index (κ3) is 4.86. The molecule has 1 aliphatic rings. The van der Waals surface area contributed by atoms with Crippen LogP contribution in [0.4, 0.5) is 0 Å². The number of carbonyl (C=O) groups excluding carboxylic acids is 1. The largest absolute Gasteiger partial charge is 0.353 e. The van der Waals surface area contributed by atoms with Gasteiger partial charge in [-0.25, -0.2) is 4.98 Å². The monoisotopic (exact) mass is 456 g/mol. The maximum absolute atomic E-state index is 13.2. The summed E-state index contributed by atoms with van der Waals surface area (Å²) in [4.78, 5) is 34.8. The molecule has 31 heavy (non-hydrogen) atoms. The SMILES string of the molecule is CCn1c(SCC(=O)NC(C)Cc2ccccc2)nc2sc3c(c2c1=O)CCN(C)C3. The molecule has 1 unspecified atom stereocenters. The average molecular weight is 457 g/mol. The van der Waals surface area contributed by atoms with E-state index < -0.39 is 0 Å². The van der Waals surface area contributed by atoms with Crippen LogP contribution in [0.5, 0.6) is 0 Å². The molecule has 1 aliphatic heterocycles. The van der Waals surface area contributed by atoms with E-state index in [4.69, 9.17) is 4.98 Å². The van der Waals surface area contributed by atoms with Crippen molar-refractivity contribution in [1.82, 2.24) is 19.8 Å². The van der Waals surface area contributed by atoms with E-state index >= 15 is 0 Å². The zero-order valence-corrected chi connectivity index (χ0v) is 19.8. The van der Waals surface area contributed by atoms with E-state index in [1.807, 2.05) is 32.0 Å². The van der Waals surface area contributed by atoms with Crippen molar-refractivity contribution in [3.8, 4) is 0 Å². The van der Waals surface area contributed by atoms with Crippen LogP contribution in [0.25, 0.3) is 10.2 Å². The van der Waals surface area contributed by atoms with Crippen LogP contribution in [0.15, 0.2) is 40.3 Å². The quantitative estimate of drug-likeness (QED) is 0.436. The van der Waals surface area contributed by atoms with Crippen molar-refractivity contribution in [2.75, 3.05) is 19.3 Å². The second-order valence-electron chi connectivity index (χ2n) is 8.06. The zero-order valence-electron chi connectivity index (χ0n) is 18.2. The molecule has 1 atom stereocenters. The van der Waals surface area contributed by atoms with Crippen LogP contribution in [0.2, 0.25) is 0 Å². The summed E-state index contributed by atoms with van der Waals surface area (Å²) in [5, 5.41) is 4.46. The number of nitrogens with one attached hydrogen (secondary N) is 1. The number of nitrogens with zero attached hydrogens (tertiary/aromatic N) is 3. The van der Waals surface area contributed by atoms with E-state index in [-0.39, 0.29) is 23.3 Å². The summed E-state index contributed by atoms with van der Waals surface area (Å²) in [5.41, 5.74) is 2.39. The van der Waals surface area contributed by atoms with Gasteiger partial charge in [-0.15, -0.1) is 11.3 Å². The van der Waals surface area contributed by atoms with Crippen molar-refractivity contribution < 1.29 is 4.79 Å². The van der Waals surface area contributed by atoms with Crippen LogP contribution >= 0.6 is 23.1 Å². The van der Waals surface area contributed by atoms with Crippen LogP contribution in [0.3, 0.4) is 0 Å². The number of likely N-dealkylation sites (N-methyl/N-ethyl adjacent to an activating group) is 1. The Hall–Kier alpha value is -2.16. The number of fused-ring (bicyclic) bond motifs is 3. The van der Waals surface area contributed by atoms with Crippen molar-refractivity contribution in [2.45, 2.75) is 51.0 Å². The molecular weight excluding hydrogens is 428 g/mol. The summed E-state index contributed by atoms with van der Waals surface area (Å²) in [6.45, 7) is 6.33. The third-order valence-electron chi connectivity index (χ3n) is 5.56. The molecule has 8 heteroatoms. The summed E-state index contributed by atoms with van der Waals surface area (Å²) in [6, 6.07) is 10.2. The molecule has 164 valence electrons. The van der Waals surface area contributed by atoms with Gasteiger partial charge in [-0.05, 0) is 44.9 Å². The highest BCUT2D eigenvalue weighted by Crippen LogP contribution is 2.33. The molecule has 1 aromatic carbocycles. The molecule has 0 aliphatic carbocycles. The Bertz CT molecular complexity index is 1140. The summed E-state index contributed by atoms with van der Waals surface area (Å²) in [7, 11) is 2.10. The summed E-state index contributed by atoms with van der Waals surface area (Å²) in [6.07, 6.45) is 1.68. The highest BCUT2D eigenvalue weighted by Gasteiger charge is 2.24. The lowest BCUT2D eigenvalue weighted by Gasteiger charge is -2.21. The molecule has 6 nitrogen and oxygen atoms in total. The van der Waals surface area contributed by atoms with E-state index in [0.717, 1.165) is 36.1 Å². The lowest BCUT2D eigenvalue weighted by atomic mass is 10.1. The Morgan fingerprint density at radius 1 is 1.32 bits per heavy atom. The molecule has 0 fully saturated rings. The van der Waals surface area contributed by atoms with Gasteiger partial charge in [0.2, 0.25) is 5.91 Å².